The molecule has 1 fully saturated rings. The molecule has 3 atom stereocenters. The highest BCUT2D eigenvalue weighted by molar-refractivity contribution is 7.88. The maximum absolute atomic E-state index is 13.2. The fraction of sp³-hybridized carbons (Fsp3) is 0.480. The molecule has 3 heterocycles. The minimum absolute atomic E-state index is 0.0729. The van der Waals surface area contributed by atoms with Crippen molar-refractivity contribution in [3.63, 3.8) is 0 Å². The maximum atomic E-state index is 13.2. The van der Waals surface area contributed by atoms with Crippen LogP contribution in [-0.4, -0.2) is 67.7 Å². The Labute approximate surface area is 221 Å². The highest BCUT2D eigenvalue weighted by Crippen LogP contribution is 2.32. The molecule has 0 saturated carbocycles. The van der Waals surface area contributed by atoms with Gasteiger partial charge in [0.2, 0.25) is 12.7 Å². The zero-order chi connectivity index (χ0) is 27.4. The fourth-order valence-electron chi connectivity index (χ4n) is 4.50. The smallest absolute Gasteiger partial charge is 0.323 e. The number of benzene rings is 1. The number of carbonyl (C=O) groups is 2. The zero-order valence-corrected chi connectivity index (χ0v) is 22.0. The first-order chi connectivity index (χ1) is 18.1. The summed E-state index contributed by atoms with van der Waals surface area (Å²) in [4.78, 5) is 26.2. The minimum atomic E-state index is -4.15. The number of hydrogen-bond acceptors (Lipinski definition) is 8. The van der Waals surface area contributed by atoms with Crippen molar-refractivity contribution in [3.8, 4) is 11.5 Å². The lowest BCUT2D eigenvalue weighted by atomic mass is 10.0. The molecule has 3 N–H and O–H groups in total. The lowest BCUT2D eigenvalue weighted by Gasteiger charge is -2.27. The van der Waals surface area contributed by atoms with Gasteiger partial charge in [0.1, 0.15) is 6.04 Å². The van der Waals surface area contributed by atoms with E-state index in [0.717, 1.165) is 10.5 Å². The number of carbonyl (C=O) groups excluding carboxylic acids is 2. The van der Waals surface area contributed by atoms with Crippen molar-refractivity contribution in [2.24, 2.45) is 5.92 Å². The highest BCUT2D eigenvalue weighted by atomic mass is 32.2. The number of β-amino-alcohol motifs (C(OH)–C–C–N with tert-alkyl or cyclic N) is 1. The van der Waals surface area contributed by atoms with E-state index in [1.54, 1.807) is 18.2 Å². The van der Waals surface area contributed by atoms with E-state index in [1.165, 1.54) is 18.2 Å². The number of fused-ring (bicyclic) bond motifs is 1. The monoisotopic (exact) mass is 548 g/mol. The molecule has 38 heavy (non-hydrogen) atoms. The molecule has 0 spiro atoms. The first-order valence-electron chi connectivity index (χ1n) is 12.4. The van der Waals surface area contributed by atoms with Crippen LogP contribution in [0.25, 0.3) is 0 Å². The molecule has 1 aromatic heterocycles. The standard InChI is InChI=1S/C25H32N4O8S/c1-16(2)12-19(27-24(31)17-8-9-21-22(13-17)37-15-36-21)25(32)26-18-6-5-10-28(14-20(18)30)38(34,35)23-7-3-4-11-29(23)33/h3-4,7-9,11,13,16,18-20,30H,5-6,10,12,14-15H2,1-2H3,(H,26,32)(H,27,31)/t18?,19?,20-/m0/s1. The molecule has 2 aliphatic rings. The third kappa shape index (κ3) is 6.17. The van der Waals surface area contributed by atoms with E-state index in [2.05, 4.69) is 10.6 Å². The van der Waals surface area contributed by atoms with E-state index in [4.69, 9.17) is 9.47 Å². The second-order valence-corrected chi connectivity index (χ2v) is 11.7. The van der Waals surface area contributed by atoms with Gasteiger partial charge in [0.15, 0.2) is 17.7 Å². The minimum Gasteiger partial charge on any atom is -0.618 e. The first-order valence-corrected chi connectivity index (χ1v) is 13.9. The van der Waals surface area contributed by atoms with E-state index in [-0.39, 0.29) is 30.5 Å². The van der Waals surface area contributed by atoms with Gasteiger partial charge < -0.3 is 30.4 Å². The zero-order valence-electron chi connectivity index (χ0n) is 21.2. The molecular formula is C25H32N4O8S. The van der Waals surface area contributed by atoms with Crippen LogP contribution in [0.3, 0.4) is 0 Å². The van der Waals surface area contributed by atoms with Gasteiger partial charge in [-0.2, -0.15) is 9.04 Å². The average Bonchev–Trinajstić information content (AvgIpc) is 3.26. The van der Waals surface area contributed by atoms with Crippen LogP contribution in [0, 0.1) is 11.1 Å². The lowest BCUT2D eigenvalue weighted by molar-refractivity contribution is -0.646. The van der Waals surface area contributed by atoms with Crippen LogP contribution in [0.1, 0.15) is 43.5 Å². The van der Waals surface area contributed by atoms with E-state index in [0.29, 0.717) is 36.3 Å². The Bertz CT molecular complexity index is 1290. The number of pyridine rings is 1. The average molecular weight is 549 g/mol. The predicted octanol–water partition coefficient (Wildman–Crippen LogP) is 0.524. The Morgan fingerprint density at radius 3 is 2.71 bits per heavy atom. The molecule has 206 valence electrons. The molecule has 2 aliphatic heterocycles. The normalized spacial score (nSPS) is 20.5. The Balaban J connectivity index is 1.43. The van der Waals surface area contributed by atoms with Crippen LogP contribution < -0.4 is 24.8 Å². The Morgan fingerprint density at radius 1 is 1.21 bits per heavy atom. The van der Waals surface area contributed by atoms with Crippen LogP contribution in [0.15, 0.2) is 47.6 Å². The van der Waals surface area contributed by atoms with Gasteiger partial charge >= 0.3 is 15.0 Å². The van der Waals surface area contributed by atoms with Gasteiger partial charge in [0, 0.05) is 30.8 Å². The van der Waals surface area contributed by atoms with Gasteiger partial charge in [-0.15, -0.1) is 0 Å². The molecule has 0 bridgehead atoms. The van der Waals surface area contributed by atoms with Gasteiger partial charge in [-0.25, -0.2) is 8.42 Å². The topological polar surface area (TPSA) is 161 Å². The van der Waals surface area contributed by atoms with E-state index in [1.807, 2.05) is 13.8 Å². The molecule has 2 unspecified atom stereocenters. The summed E-state index contributed by atoms with van der Waals surface area (Å²) in [6.07, 6.45) is 0.894. The Morgan fingerprint density at radius 2 is 1.97 bits per heavy atom. The van der Waals surface area contributed by atoms with Gasteiger partial charge in [-0.1, -0.05) is 13.8 Å². The first kappa shape index (κ1) is 27.6. The van der Waals surface area contributed by atoms with Crippen molar-refractivity contribution in [1.29, 1.82) is 0 Å². The highest BCUT2D eigenvalue weighted by Gasteiger charge is 2.37. The molecule has 0 radical (unpaired) electrons. The van der Waals surface area contributed by atoms with E-state index >= 15 is 0 Å². The van der Waals surface area contributed by atoms with Crippen molar-refractivity contribution >= 4 is 21.8 Å². The summed E-state index contributed by atoms with van der Waals surface area (Å²) in [7, 11) is -4.15. The number of nitrogens with zero attached hydrogens (tertiary/aromatic N) is 2. The number of aliphatic hydroxyl groups excluding tert-OH is 1. The quantitative estimate of drug-likeness (QED) is 0.318. The number of sulfonamides is 1. The third-order valence-electron chi connectivity index (χ3n) is 6.46. The van der Waals surface area contributed by atoms with E-state index in [9.17, 15) is 28.3 Å². The van der Waals surface area contributed by atoms with Crippen LogP contribution >= 0.6 is 0 Å². The second-order valence-electron chi connectivity index (χ2n) is 9.78. The summed E-state index contributed by atoms with van der Waals surface area (Å²) in [6.45, 7) is 3.70. The number of amides is 2. The van der Waals surface area contributed by atoms with Crippen molar-refractivity contribution in [1.82, 2.24) is 14.9 Å². The number of aliphatic hydroxyl groups is 1. The molecule has 13 heteroatoms. The molecule has 0 aliphatic carbocycles. The summed E-state index contributed by atoms with van der Waals surface area (Å²) >= 11 is 0. The molecule has 4 rings (SSSR count). The second kappa shape index (κ2) is 11.5. The summed E-state index contributed by atoms with van der Waals surface area (Å²) in [5.41, 5.74) is 0.308. The Hall–Kier alpha value is -3.42. The molecule has 1 aromatic carbocycles. The number of nitrogens with one attached hydrogen (secondary N) is 2. The van der Waals surface area contributed by atoms with Crippen molar-refractivity contribution in [2.45, 2.75) is 56.3 Å². The summed E-state index contributed by atoms with van der Waals surface area (Å²) in [5.74, 6) is 0.118. The van der Waals surface area contributed by atoms with Crippen molar-refractivity contribution < 1.29 is 37.3 Å². The number of ether oxygens (including phenoxy) is 2. The molecule has 2 amide bonds. The van der Waals surface area contributed by atoms with Crippen LogP contribution in [-0.2, 0) is 14.8 Å². The Kier molecular flexibility index (Phi) is 8.38. The van der Waals surface area contributed by atoms with Crippen molar-refractivity contribution in [3.05, 3.63) is 53.4 Å². The summed E-state index contributed by atoms with van der Waals surface area (Å²) in [5, 5.41) is 28.0. The lowest BCUT2D eigenvalue weighted by Crippen LogP contribution is -2.54. The fourth-order valence-corrected chi connectivity index (χ4v) is 6.03. The van der Waals surface area contributed by atoms with Crippen LogP contribution in [0.4, 0.5) is 0 Å². The number of rotatable bonds is 8. The molecule has 12 nitrogen and oxygen atoms in total. The van der Waals surface area contributed by atoms with Crippen molar-refractivity contribution in [2.75, 3.05) is 19.9 Å². The molecule has 2 aromatic rings. The van der Waals surface area contributed by atoms with Crippen LogP contribution in [0.2, 0.25) is 0 Å². The number of aromatic nitrogens is 1. The van der Waals surface area contributed by atoms with Gasteiger partial charge in [-0.3, -0.25) is 9.59 Å². The predicted molar refractivity (Wildman–Crippen MR) is 135 cm³/mol. The maximum Gasteiger partial charge on any atom is 0.323 e. The summed E-state index contributed by atoms with van der Waals surface area (Å²) < 4.78 is 38.0. The molecule has 1 saturated heterocycles. The number of hydrogen-bond donors (Lipinski definition) is 3. The molecular weight excluding hydrogens is 516 g/mol. The third-order valence-corrected chi connectivity index (χ3v) is 8.32. The van der Waals surface area contributed by atoms with Crippen LogP contribution in [0.5, 0.6) is 11.5 Å². The summed E-state index contributed by atoms with van der Waals surface area (Å²) in [6, 6.07) is 7.21. The SMILES string of the molecule is CC(C)CC(NC(=O)c1ccc2c(c1)OCO2)C(=O)NC1CCCN(S(=O)(=O)c2cccc[n+]2[O-])C[C@@H]1O. The van der Waals surface area contributed by atoms with Gasteiger partial charge in [0.05, 0.1) is 12.1 Å². The largest absolute Gasteiger partial charge is 0.618 e. The van der Waals surface area contributed by atoms with Gasteiger partial charge in [-0.05, 0) is 49.4 Å². The van der Waals surface area contributed by atoms with E-state index < -0.39 is 45.1 Å². The van der Waals surface area contributed by atoms with Gasteiger partial charge in [0.25, 0.3) is 5.91 Å².